The number of nitriles is 3. The number of anilines is 1. The van der Waals surface area contributed by atoms with Crippen LogP contribution in [-0.4, -0.2) is 28.8 Å². The summed E-state index contributed by atoms with van der Waals surface area (Å²) in [5.41, 5.74) is 11.2. The summed E-state index contributed by atoms with van der Waals surface area (Å²) in [6.07, 6.45) is 16.2. The highest BCUT2D eigenvalue weighted by Gasteiger charge is 2.48. The molecule has 5 heterocycles. The molecule has 1 aliphatic heterocycles. The molecule has 0 spiro atoms. The highest BCUT2D eigenvalue weighted by molar-refractivity contribution is 7.23. The minimum Gasteiger partial charge on any atom is -0.488 e. The summed E-state index contributed by atoms with van der Waals surface area (Å²) in [4.78, 5) is 4.44. The Kier molecular flexibility index (Phi) is 13.2. The van der Waals surface area contributed by atoms with Crippen LogP contribution in [0.1, 0.15) is 95.1 Å². The Morgan fingerprint density at radius 2 is 1.21 bits per heavy atom. The summed E-state index contributed by atoms with van der Waals surface area (Å²) in [5.74, 6) is -0.936. The second-order valence-corrected chi connectivity index (χ2v) is 20.9. The first-order valence-corrected chi connectivity index (χ1v) is 25.5. The maximum absolute atomic E-state index is 10.3. The number of allylic oxidation sites excluding steroid dienone is 2. The van der Waals surface area contributed by atoms with Gasteiger partial charge in [-0.2, -0.15) is 15.8 Å². The summed E-state index contributed by atoms with van der Waals surface area (Å²) in [6.45, 7) is 8.36. The summed E-state index contributed by atoms with van der Waals surface area (Å²) >= 11 is 3.61. The van der Waals surface area contributed by atoms with Gasteiger partial charge in [0.1, 0.15) is 29.4 Å². The zero-order chi connectivity index (χ0) is 46.8. The summed E-state index contributed by atoms with van der Waals surface area (Å²) in [7, 11) is 4.16. The van der Waals surface area contributed by atoms with Gasteiger partial charge < -0.3 is 18.8 Å². The van der Waals surface area contributed by atoms with Gasteiger partial charge in [-0.15, -0.1) is 22.7 Å². The number of hydrogen-bond acceptors (Lipinski definition) is 7. The van der Waals surface area contributed by atoms with E-state index in [0.29, 0.717) is 0 Å². The van der Waals surface area contributed by atoms with Crippen molar-refractivity contribution in [2.24, 2.45) is 11.8 Å². The Labute approximate surface area is 403 Å². The number of nitrogens with zero attached hydrogens (tertiary/aromatic N) is 6. The van der Waals surface area contributed by atoms with E-state index >= 15 is 0 Å². The fourth-order valence-corrected chi connectivity index (χ4v) is 12.2. The monoisotopic (exact) mass is 918 g/mol. The number of ether oxygens (including phenoxy) is 1. The van der Waals surface area contributed by atoms with Gasteiger partial charge in [-0.05, 0) is 123 Å². The minimum absolute atomic E-state index is 0.144. The van der Waals surface area contributed by atoms with Crippen LogP contribution in [0.15, 0.2) is 114 Å². The number of unbranched alkanes of at least 4 members (excludes halogenated alkanes) is 6. The number of thiophene rings is 2. The van der Waals surface area contributed by atoms with E-state index in [2.05, 4.69) is 151 Å². The topological polar surface area (TPSA) is 93.7 Å². The van der Waals surface area contributed by atoms with E-state index in [-0.39, 0.29) is 17.3 Å². The van der Waals surface area contributed by atoms with Crippen molar-refractivity contribution in [3.63, 3.8) is 0 Å². The maximum atomic E-state index is 10.3. The predicted molar refractivity (Wildman–Crippen MR) is 281 cm³/mol. The van der Waals surface area contributed by atoms with E-state index in [1.54, 1.807) is 11.3 Å². The second-order valence-electron chi connectivity index (χ2n) is 18.8. The van der Waals surface area contributed by atoms with Gasteiger partial charge in [-0.25, -0.2) is 0 Å². The van der Waals surface area contributed by atoms with Crippen molar-refractivity contribution in [3.05, 3.63) is 130 Å². The van der Waals surface area contributed by atoms with Crippen molar-refractivity contribution in [2.45, 2.75) is 97.5 Å². The largest absolute Gasteiger partial charge is 0.488 e. The quantitative estimate of drug-likeness (QED) is 0.0711. The van der Waals surface area contributed by atoms with Gasteiger partial charge in [0, 0.05) is 57.6 Å². The third-order valence-corrected chi connectivity index (χ3v) is 15.9. The van der Waals surface area contributed by atoms with Crippen LogP contribution in [0, 0.1) is 45.8 Å². The molecule has 7 nitrogen and oxygen atoms in total. The smallest absolute Gasteiger partial charge is 0.168 e. The van der Waals surface area contributed by atoms with E-state index < -0.39 is 11.5 Å². The Bertz CT molecular complexity index is 3260. The van der Waals surface area contributed by atoms with Gasteiger partial charge in [0.05, 0.1) is 37.5 Å². The highest BCUT2D eigenvalue weighted by Crippen LogP contribution is 2.48. The first kappa shape index (κ1) is 45.6. The molecule has 9 rings (SSSR count). The number of benzene rings is 4. The van der Waals surface area contributed by atoms with Crippen LogP contribution in [-0.2, 0) is 17.6 Å². The molecule has 338 valence electrons. The van der Waals surface area contributed by atoms with Crippen LogP contribution in [0.3, 0.4) is 0 Å². The summed E-state index contributed by atoms with van der Waals surface area (Å²) < 4.78 is 13.5. The lowest BCUT2D eigenvalue weighted by molar-refractivity contribution is 0.0553. The molecule has 8 aromatic rings. The van der Waals surface area contributed by atoms with Gasteiger partial charge in [0.25, 0.3) is 0 Å². The summed E-state index contributed by atoms with van der Waals surface area (Å²) in [5, 5.41) is 32.1. The van der Waals surface area contributed by atoms with Crippen LogP contribution in [0.25, 0.3) is 70.1 Å². The first-order chi connectivity index (χ1) is 32.6. The van der Waals surface area contributed by atoms with Crippen LogP contribution in [0.2, 0.25) is 0 Å². The number of aryl methyl sites for hydroxylation is 2. The number of aromatic nitrogens is 2. The van der Waals surface area contributed by atoms with Gasteiger partial charge in [0.2, 0.25) is 0 Å². The molecule has 1 fully saturated rings. The van der Waals surface area contributed by atoms with E-state index in [1.165, 1.54) is 110 Å². The molecule has 0 aliphatic carbocycles. The molecule has 4 aromatic heterocycles. The van der Waals surface area contributed by atoms with Gasteiger partial charge in [0.15, 0.2) is 5.57 Å². The molecule has 0 N–H and O–H groups in total. The van der Waals surface area contributed by atoms with E-state index in [9.17, 15) is 15.8 Å². The van der Waals surface area contributed by atoms with Crippen molar-refractivity contribution in [2.75, 3.05) is 19.0 Å². The highest BCUT2D eigenvalue weighted by atomic mass is 32.1. The normalized spacial score (nSPS) is 15.7. The molecule has 0 saturated carbocycles. The van der Waals surface area contributed by atoms with E-state index in [0.717, 1.165) is 40.1 Å². The molecule has 4 aromatic carbocycles. The predicted octanol–water partition coefficient (Wildman–Crippen LogP) is 15.9. The Morgan fingerprint density at radius 3 is 1.72 bits per heavy atom. The van der Waals surface area contributed by atoms with Gasteiger partial charge >= 0.3 is 0 Å². The molecule has 2 atom stereocenters. The lowest BCUT2D eigenvalue weighted by atomic mass is 9.82. The zero-order valence-corrected chi connectivity index (χ0v) is 41.2. The lowest BCUT2D eigenvalue weighted by Gasteiger charge is -2.23. The van der Waals surface area contributed by atoms with Crippen molar-refractivity contribution in [3.8, 4) is 40.0 Å². The van der Waals surface area contributed by atoms with Crippen LogP contribution in [0.5, 0.6) is 0 Å². The Morgan fingerprint density at radius 1 is 0.672 bits per heavy atom. The van der Waals surface area contributed by atoms with E-state index in [1.807, 2.05) is 43.4 Å². The number of rotatable bonds is 16. The van der Waals surface area contributed by atoms with Gasteiger partial charge in [-0.3, -0.25) is 0 Å². The average Bonchev–Trinajstić information content (AvgIpc) is 4.13. The number of hydrogen-bond donors (Lipinski definition) is 0. The Balaban J connectivity index is 1.22. The zero-order valence-electron chi connectivity index (χ0n) is 39.5. The van der Waals surface area contributed by atoms with Crippen molar-refractivity contribution in [1.29, 1.82) is 15.8 Å². The molecule has 1 saturated heterocycles. The summed E-state index contributed by atoms with van der Waals surface area (Å²) in [6, 6.07) is 43.0. The first-order valence-electron chi connectivity index (χ1n) is 23.9. The van der Waals surface area contributed by atoms with Crippen LogP contribution >= 0.6 is 22.7 Å². The fraction of sp³-hybridized carbons (Fsp3) is 0.328. The molecule has 1 aliphatic rings. The molecule has 2 unspecified atom stereocenters. The third kappa shape index (κ3) is 8.78. The second kappa shape index (κ2) is 19.3. The molecule has 67 heavy (non-hydrogen) atoms. The molecule has 0 bridgehead atoms. The molecular weight excluding hydrogens is 861 g/mol. The molecular formula is C58H58N6OS2. The average molecular weight is 919 g/mol. The molecule has 0 radical (unpaired) electrons. The third-order valence-electron chi connectivity index (χ3n) is 13.6. The van der Waals surface area contributed by atoms with Crippen LogP contribution in [0.4, 0.5) is 5.69 Å². The van der Waals surface area contributed by atoms with Crippen LogP contribution < -0.4 is 4.90 Å². The van der Waals surface area contributed by atoms with E-state index in [4.69, 9.17) is 4.74 Å². The Hall–Kier alpha value is -6.57. The fourth-order valence-electron chi connectivity index (χ4n) is 9.91. The number of fused-ring (bicyclic) bond motifs is 6. The standard InChI is InChI=1S/C58H58N6OS2/c1-7-9-11-13-15-38-17-23-43(24-18-38)63-50-33-47-51(32-46(50)56-52(63)31-45(66-56)29-30-49-48(37-61)55(41(35-59)36-60)65-58(49,3)4)64(44-25-19-39(20-26-44)16-14-12-10-8-2)53-34-54(67-57(47)53)40-21-27-42(28-22-40)62(5)6/h17-34,48-49H,7-16H2,1-6H3/b30-29+. The molecule has 0 amide bonds. The lowest BCUT2D eigenvalue weighted by Crippen LogP contribution is -2.27. The SMILES string of the molecule is CCCCCCc1ccc(-n2c3cc4c5sc(-c6ccc(N(C)C)cc6)cc5n(-c5ccc(CCCCCC)cc5)c4cc3c3sc(/C=C/C4C(C#N)C(=C(C#N)C#N)OC4(C)C)cc32)cc1. The van der Waals surface area contributed by atoms with Crippen molar-refractivity contribution >= 4 is 76.7 Å². The van der Waals surface area contributed by atoms with Crippen molar-refractivity contribution < 1.29 is 4.74 Å². The minimum atomic E-state index is -0.783. The van der Waals surface area contributed by atoms with Crippen molar-refractivity contribution in [1.82, 2.24) is 9.13 Å². The maximum Gasteiger partial charge on any atom is 0.168 e. The molecule has 9 heteroatoms. The van der Waals surface area contributed by atoms with Gasteiger partial charge in [-0.1, -0.05) is 94.8 Å².